The van der Waals surface area contributed by atoms with Gasteiger partial charge in [-0.25, -0.2) is 0 Å². The van der Waals surface area contributed by atoms with Crippen molar-refractivity contribution in [3.8, 4) is 11.5 Å². The van der Waals surface area contributed by atoms with Crippen molar-refractivity contribution in [2.24, 2.45) is 0 Å². The molecule has 0 amide bonds. The average Bonchev–Trinajstić information content (AvgIpc) is 2.53. The molecule has 2 heterocycles. The number of rotatable bonds is 1. The summed E-state index contributed by atoms with van der Waals surface area (Å²) in [6.07, 6.45) is 1.55. The lowest BCUT2D eigenvalue weighted by Crippen LogP contribution is -2.65. The molecule has 1 spiro atoms. The second kappa shape index (κ2) is 5.63. The monoisotopic (exact) mass is 354 g/mol. The molecule has 1 fully saturated rings. The van der Waals surface area contributed by atoms with Crippen molar-refractivity contribution in [3.63, 3.8) is 0 Å². The number of hydrogen-bond donors (Lipinski definition) is 3. The van der Waals surface area contributed by atoms with Gasteiger partial charge in [0.1, 0.15) is 17.6 Å². The van der Waals surface area contributed by atoms with Gasteiger partial charge in [-0.2, -0.15) is 0 Å². The predicted molar refractivity (Wildman–Crippen MR) is 102 cm³/mol. The number of nitrogens with one attached hydrogen (secondary N) is 2. The second-order valence-electron chi connectivity index (χ2n) is 7.62. The summed E-state index contributed by atoms with van der Waals surface area (Å²) in [5.74, 6) is 0.923. The fourth-order valence-electron chi connectivity index (χ4n) is 4.16. The summed E-state index contributed by atoms with van der Waals surface area (Å²) in [6, 6.07) is 15.6. The SMILES string of the molecule is CC1(C)C[C@@]2(C[C@@H](c3ccccc3)Oc3cc(O)ccc32)NC(=S)N1. The Morgan fingerprint density at radius 2 is 1.88 bits per heavy atom. The highest BCUT2D eigenvalue weighted by atomic mass is 32.1. The van der Waals surface area contributed by atoms with E-state index in [1.165, 1.54) is 0 Å². The topological polar surface area (TPSA) is 53.5 Å². The molecule has 4 rings (SSSR count). The van der Waals surface area contributed by atoms with Crippen LogP contribution in [0, 0.1) is 0 Å². The van der Waals surface area contributed by atoms with Gasteiger partial charge in [-0.3, -0.25) is 0 Å². The molecule has 2 aromatic rings. The van der Waals surface area contributed by atoms with E-state index in [4.69, 9.17) is 17.0 Å². The van der Waals surface area contributed by atoms with Gasteiger partial charge in [0.05, 0.1) is 5.54 Å². The highest BCUT2D eigenvalue weighted by molar-refractivity contribution is 7.80. The van der Waals surface area contributed by atoms with Gasteiger partial charge in [-0.05, 0) is 50.2 Å². The molecule has 25 heavy (non-hydrogen) atoms. The van der Waals surface area contributed by atoms with E-state index >= 15 is 0 Å². The van der Waals surface area contributed by atoms with Gasteiger partial charge in [-0.15, -0.1) is 0 Å². The lowest BCUT2D eigenvalue weighted by molar-refractivity contribution is 0.0869. The van der Waals surface area contributed by atoms with Crippen molar-refractivity contribution in [2.75, 3.05) is 0 Å². The van der Waals surface area contributed by atoms with E-state index in [-0.39, 0.29) is 22.9 Å². The van der Waals surface area contributed by atoms with Gasteiger partial charge in [-0.1, -0.05) is 30.3 Å². The zero-order valence-electron chi connectivity index (χ0n) is 14.4. The van der Waals surface area contributed by atoms with Gasteiger partial charge in [0.25, 0.3) is 0 Å². The number of benzene rings is 2. The zero-order valence-corrected chi connectivity index (χ0v) is 15.2. The molecule has 5 heteroatoms. The van der Waals surface area contributed by atoms with E-state index in [1.54, 1.807) is 12.1 Å². The van der Waals surface area contributed by atoms with E-state index in [9.17, 15) is 5.11 Å². The van der Waals surface area contributed by atoms with Crippen LogP contribution in [0.5, 0.6) is 11.5 Å². The summed E-state index contributed by atoms with van der Waals surface area (Å²) in [6.45, 7) is 4.32. The Morgan fingerprint density at radius 1 is 1.12 bits per heavy atom. The molecule has 0 radical (unpaired) electrons. The summed E-state index contributed by atoms with van der Waals surface area (Å²) >= 11 is 5.51. The van der Waals surface area contributed by atoms with Crippen LogP contribution >= 0.6 is 12.2 Å². The van der Waals surface area contributed by atoms with Crippen molar-refractivity contribution in [1.82, 2.24) is 10.6 Å². The zero-order chi connectivity index (χ0) is 17.7. The molecule has 1 saturated heterocycles. The van der Waals surface area contributed by atoms with Gasteiger partial charge < -0.3 is 20.5 Å². The van der Waals surface area contributed by atoms with Crippen molar-refractivity contribution in [2.45, 2.75) is 43.9 Å². The molecule has 0 aromatic heterocycles. The Balaban J connectivity index is 1.84. The third kappa shape index (κ3) is 2.93. The molecule has 130 valence electrons. The van der Waals surface area contributed by atoms with Crippen molar-refractivity contribution in [1.29, 1.82) is 0 Å². The van der Waals surface area contributed by atoms with Gasteiger partial charge in [0.2, 0.25) is 0 Å². The average molecular weight is 354 g/mol. The van der Waals surface area contributed by atoms with Crippen LogP contribution in [0.1, 0.15) is 43.9 Å². The molecule has 2 aliphatic rings. The molecule has 0 saturated carbocycles. The van der Waals surface area contributed by atoms with E-state index in [2.05, 4.69) is 36.6 Å². The molecule has 3 N–H and O–H groups in total. The van der Waals surface area contributed by atoms with E-state index in [0.29, 0.717) is 10.9 Å². The van der Waals surface area contributed by atoms with Crippen LogP contribution in [0.15, 0.2) is 48.5 Å². The third-order valence-electron chi connectivity index (χ3n) is 5.00. The van der Waals surface area contributed by atoms with E-state index in [0.717, 1.165) is 24.0 Å². The standard InChI is InChI=1S/C20H22N2O2S/c1-19(2)12-20(22-18(25)21-19)11-17(13-6-4-3-5-7-13)24-16-10-14(23)8-9-15(16)20/h3-10,17,23H,11-12H2,1-2H3,(H2,21,22,25)/t17-,20+/m0/s1. The van der Waals surface area contributed by atoms with Crippen LogP contribution in [0.2, 0.25) is 0 Å². The molecular formula is C20H22N2O2S. The first-order valence-electron chi connectivity index (χ1n) is 8.52. The summed E-state index contributed by atoms with van der Waals surface area (Å²) in [5, 5.41) is 17.5. The lowest BCUT2D eigenvalue weighted by Gasteiger charge is -2.51. The third-order valence-corrected chi connectivity index (χ3v) is 5.21. The van der Waals surface area contributed by atoms with Crippen LogP contribution < -0.4 is 15.4 Å². The molecule has 2 aromatic carbocycles. The number of fused-ring (bicyclic) bond motifs is 2. The maximum absolute atomic E-state index is 9.95. The van der Waals surface area contributed by atoms with Crippen molar-refractivity contribution in [3.05, 3.63) is 59.7 Å². The Morgan fingerprint density at radius 3 is 2.60 bits per heavy atom. The van der Waals surface area contributed by atoms with Crippen molar-refractivity contribution < 1.29 is 9.84 Å². The Labute approximate surface area is 153 Å². The van der Waals surface area contributed by atoms with Crippen LogP contribution in [0.3, 0.4) is 0 Å². The highest BCUT2D eigenvalue weighted by Gasteiger charge is 2.48. The highest BCUT2D eigenvalue weighted by Crippen LogP contribution is 2.49. The molecule has 2 atom stereocenters. The van der Waals surface area contributed by atoms with Gasteiger partial charge in [0.15, 0.2) is 5.11 Å². The quantitative estimate of drug-likeness (QED) is 0.681. The van der Waals surface area contributed by atoms with E-state index < -0.39 is 0 Å². The van der Waals surface area contributed by atoms with Gasteiger partial charge >= 0.3 is 0 Å². The first-order valence-corrected chi connectivity index (χ1v) is 8.93. The first-order chi connectivity index (χ1) is 11.9. The maximum Gasteiger partial charge on any atom is 0.167 e. The molecule has 0 unspecified atom stereocenters. The number of phenolic OH excluding ortho intramolecular Hbond substituents is 1. The maximum atomic E-state index is 9.95. The number of ether oxygens (including phenoxy) is 1. The second-order valence-corrected chi connectivity index (χ2v) is 8.03. The van der Waals surface area contributed by atoms with Crippen LogP contribution in [0.4, 0.5) is 0 Å². The normalized spacial score (nSPS) is 27.0. The number of hydrogen-bond acceptors (Lipinski definition) is 3. The molecule has 4 nitrogen and oxygen atoms in total. The molecular weight excluding hydrogens is 332 g/mol. The van der Waals surface area contributed by atoms with E-state index in [1.807, 2.05) is 24.3 Å². The smallest absolute Gasteiger partial charge is 0.167 e. The fraction of sp³-hybridized carbons (Fsp3) is 0.350. The minimum atomic E-state index is -0.326. The Kier molecular flexibility index (Phi) is 3.65. The predicted octanol–water partition coefficient (Wildman–Crippen LogP) is 3.76. The minimum Gasteiger partial charge on any atom is -0.508 e. The largest absolute Gasteiger partial charge is 0.508 e. The lowest BCUT2D eigenvalue weighted by atomic mass is 9.72. The van der Waals surface area contributed by atoms with Gasteiger partial charge in [0, 0.05) is 23.6 Å². The summed E-state index contributed by atoms with van der Waals surface area (Å²) < 4.78 is 6.27. The molecule has 0 aliphatic carbocycles. The molecule has 2 aliphatic heterocycles. The molecule has 0 bridgehead atoms. The van der Waals surface area contributed by atoms with Crippen molar-refractivity contribution >= 4 is 17.3 Å². The first kappa shape index (κ1) is 16.2. The number of aromatic hydroxyl groups is 1. The summed E-state index contributed by atoms with van der Waals surface area (Å²) in [7, 11) is 0. The number of thiocarbonyl (C=S) groups is 1. The Bertz CT molecular complexity index is 822. The minimum absolute atomic E-state index is 0.0975. The van der Waals surface area contributed by atoms with Crippen LogP contribution in [-0.4, -0.2) is 15.8 Å². The fourth-order valence-corrected chi connectivity index (χ4v) is 4.63. The Hall–Kier alpha value is -2.27. The summed E-state index contributed by atoms with van der Waals surface area (Å²) in [5.41, 5.74) is 1.72. The van der Waals surface area contributed by atoms with Crippen LogP contribution in [0.25, 0.3) is 0 Å². The number of phenols is 1. The van der Waals surface area contributed by atoms with Crippen LogP contribution in [-0.2, 0) is 5.54 Å². The summed E-state index contributed by atoms with van der Waals surface area (Å²) in [4.78, 5) is 0.